The van der Waals surface area contributed by atoms with Gasteiger partial charge < -0.3 is 28.8 Å². The zero-order chi connectivity index (χ0) is 47.8. The van der Waals surface area contributed by atoms with Gasteiger partial charge in [-0.05, 0) is 44.9 Å². The topological polar surface area (TPSA) is 108 Å². The van der Waals surface area contributed by atoms with Crippen LogP contribution in [0.25, 0.3) is 0 Å². The van der Waals surface area contributed by atoms with Crippen LogP contribution < -0.4 is 10.2 Å². The van der Waals surface area contributed by atoms with Crippen molar-refractivity contribution >= 4 is 13.7 Å². The molecule has 0 radical (unpaired) electrons. The van der Waals surface area contributed by atoms with Gasteiger partial charge in [0.1, 0.15) is 13.2 Å². The Labute approximate surface area is 404 Å². The fraction of sp³-hybridized carbons (Fsp3) is 0.911. The minimum absolute atomic E-state index is 0.0139. The molecule has 0 aromatic carbocycles. The van der Waals surface area contributed by atoms with E-state index < -0.39 is 20.0 Å². The van der Waals surface area contributed by atoms with Crippen molar-refractivity contribution in [2.45, 2.75) is 289 Å². The van der Waals surface area contributed by atoms with Gasteiger partial charge in [0.05, 0.1) is 39.9 Å². The Morgan fingerprint density at radius 2 is 0.892 bits per heavy atom. The van der Waals surface area contributed by atoms with Crippen LogP contribution in [0.1, 0.15) is 277 Å². The maximum Gasteiger partial charge on any atom is 0.268 e. The summed E-state index contributed by atoms with van der Waals surface area (Å²) in [5.74, 6) is -0.165. The molecule has 0 bridgehead atoms. The molecule has 3 unspecified atom stereocenters. The number of rotatable bonds is 52. The molecule has 2 N–H and O–H groups in total. The summed E-state index contributed by atoms with van der Waals surface area (Å²) >= 11 is 0. The van der Waals surface area contributed by atoms with Crippen LogP contribution in [0.2, 0.25) is 0 Å². The molecule has 0 fully saturated rings. The van der Waals surface area contributed by atoms with Crippen LogP contribution in [0.4, 0.5) is 0 Å². The number of allylic oxidation sites excluding steroid dienone is 4. The van der Waals surface area contributed by atoms with Gasteiger partial charge in [0.2, 0.25) is 5.91 Å². The second-order valence-corrected chi connectivity index (χ2v) is 22.1. The Balaban J connectivity index is 3.71. The van der Waals surface area contributed by atoms with E-state index >= 15 is 0 Å². The van der Waals surface area contributed by atoms with Crippen molar-refractivity contribution < 1.29 is 32.9 Å². The number of nitrogens with zero attached hydrogens (tertiary/aromatic N) is 1. The zero-order valence-corrected chi connectivity index (χ0v) is 44.9. The summed E-state index contributed by atoms with van der Waals surface area (Å²) < 4.78 is 23.2. The molecular weight excluding hydrogens is 828 g/mol. The van der Waals surface area contributed by atoms with Gasteiger partial charge in [-0.1, -0.05) is 250 Å². The molecule has 0 aliphatic heterocycles. The number of hydrogen-bond donors (Lipinski definition) is 2. The smallest absolute Gasteiger partial charge is 0.268 e. The summed E-state index contributed by atoms with van der Waals surface area (Å²) in [4.78, 5) is 25.2. The lowest BCUT2D eigenvalue weighted by Crippen LogP contribution is -2.46. The highest BCUT2D eigenvalue weighted by Crippen LogP contribution is 2.38. The SMILES string of the molecule is CCCCCCC/C=C\C/C=C\CCCCCCCCCCCCCCCCCCCCCCCCCCCC(=O)NC(COP(=O)([O-])OCC[N+](C)(C)C)C(O)CCCCCCCC. The van der Waals surface area contributed by atoms with Gasteiger partial charge >= 0.3 is 0 Å². The molecule has 0 aliphatic carbocycles. The Kier molecular flexibility index (Phi) is 47.3. The van der Waals surface area contributed by atoms with E-state index in [2.05, 4.69) is 43.5 Å². The maximum atomic E-state index is 12.8. The van der Waals surface area contributed by atoms with Crippen molar-refractivity contribution in [2.24, 2.45) is 0 Å². The minimum Gasteiger partial charge on any atom is -0.756 e. The second kappa shape index (κ2) is 48.0. The number of quaternary nitrogens is 1. The lowest BCUT2D eigenvalue weighted by molar-refractivity contribution is -0.870. The van der Waals surface area contributed by atoms with Gasteiger partial charge in [-0.3, -0.25) is 9.36 Å². The number of phosphoric acid groups is 1. The van der Waals surface area contributed by atoms with E-state index in [1.807, 2.05) is 21.1 Å². The third-order valence-electron chi connectivity index (χ3n) is 12.9. The third kappa shape index (κ3) is 50.7. The highest BCUT2D eigenvalue weighted by atomic mass is 31.2. The summed E-state index contributed by atoms with van der Waals surface area (Å²) in [7, 11) is 1.31. The summed E-state index contributed by atoms with van der Waals surface area (Å²) in [6, 6.07) is -0.793. The number of likely N-dealkylation sites (N-methyl/N-ethyl adjacent to an activating group) is 1. The summed E-state index contributed by atoms with van der Waals surface area (Å²) in [6.07, 6.45) is 59.9. The summed E-state index contributed by atoms with van der Waals surface area (Å²) in [5, 5.41) is 13.8. The van der Waals surface area contributed by atoms with Crippen LogP contribution in [-0.2, 0) is 18.4 Å². The molecule has 0 spiro atoms. The van der Waals surface area contributed by atoms with Gasteiger partial charge in [0.15, 0.2) is 0 Å². The van der Waals surface area contributed by atoms with Crippen molar-refractivity contribution in [3.8, 4) is 0 Å². The number of nitrogens with one attached hydrogen (secondary N) is 1. The van der Waals surface area contributed by atoms with Gasteiger partial charge in [0.25, 0.3) is 7.82 Å². The largest absolute Gasteiger partial charge is 0.756 e. The van der Waals surface area contributed by atoms with Gasteiger partial charge in [-0.25, -0.2) is 0 Å². The molecule has 9 heteroatoms. The van der Waals surface area contributed by atoms with Crippen LogP contribution in [-0.4, -0.2) is 68.5 Å². The molecule has 0 aliphatic rings. The standard InChI is InChI=1S/C56H111N2O6P/c1-6-8-10-12-14-15-16-17-18-19-20-21-22-23-24-25-26-27-28-29-30-31-32-33-34-35-36-37-38-39-40-41-42-43-44-46-48-50-56(60)57-54(55(59)49-47-45-13-11-9-7-2)53-64-65(61,62)63-52-51-58(3,4)5/h16-17,19-20,54-55,59H,6-15,18,21-53H2,1-5H3,(H-,57,60,61,62)/b17-16-,20-19-. The van der Waals surface area contributed by atoms with Crippen LogP contribution >= 0.6 is 7.82 Å². The normalized spacial score (nSPS) is 14.1. The van der Waals surface area contributed by atoms with E-state index in [1.165, 1.54) is 205 Å². The summed E-state index contributed by atoms with van der Waals surface area (Å²) in [5.41, 5.74) is 0. The molecule has 3 atom stereocenters. The number of unbranched alkanes of at least 4 members (excludes halogenated alkanes) is 35. The maximum absolute atomic E-state index is 12.8. The lowest BCUT2D eigenvalue weighted by atomic mass is 10.0. The molecule has 0 saturated carbocycles. The average molecular weight is 939 g/mol. The molecule has 0 saturated heterocycles. The van der Waals surface area contributed by atoms with Crippen molar-refractivity contribution in [3.63, 3.8) is 0 Å². The fourth-order valence-corrected chi connectivity index (χ4v) is 9.21. The van der Waals surface area contributed by atoms with E-state index in [0.717, 1.165) is 44.9 Å². The van der Waals surface area contributed by atoms with Crippen molar-refractivity contribution in [3.05, 3.63) is 24.3 Å². The first-order valence-corrected chi connectivity index (χ1v) is 29.6. The van der Waals surface area contributed by atoms with E-state index in [1.54, 1.807) is 0 Å². The van der Waals surface area contributed by atoms with Crippen LogP contribution in [0.5, 0.6) is 0 Å². The van der Waals surface area contributed by atoms with Gasteiger partial charge in [-0.2, -0.15) is 0 Å². The van der Waals surface area contributed by atoms with E-state index in [9.17, 15) is 19.4 Å². The Morgan fingerprint density at radius 3 is 1.28 bits per heavy atom. The predicted molar refractivity (Wildman–Crippen MR) is 279 cm³/mol. The number of carbonyl (C=O) groups excluding carboxylic acids is 1. The second-order valence-electron chi connectivity index (χ2n) is 20.6. The molecular formula is C56H111N2O6P. The lowest BCUT2D eigenvalue weighted by Gasteiger charge is -2.30. The number of hydrogen-bond acceptors (Lipinski definition) is 6. The first-order valence-electron chi connectivity index (χ1n) is 28.2. The van der Waals surface area contributed by atoms with Gasteiger partial charge in [-0.15, -0.1) is 0 Å². The van der Waals surface area contributed by atoms with E-state index in [4.69, 9.17) is 9.05 Å². The number of phosphoric ester groups is 1. The van der Waals surface area contributed by atoms with Crippen molar-refractivity contribution in [1.82, 2.24) is 5.32 Å². The molecule has 65 heavy (non-hydrogen) atoms. The van der Waals surface area contributed by atoms with Crippen LogP contribution in [0.15, 0.2) is 24.3 Å². The Hall–Kier alpha value is -1.02. The number of carbonyl (C=O) groups is 1. The number of aliphatic hydroxyl groups is 1. The minimum atomic E-state index is -4.55. The van der Waals surface area contributed by atoms with Crippen LogP contribution in [0.3, 0.4) is 0 Å². The van der Waals surface area contributed by atoms with E-state index in [-0.39, 0.29) is 19.1 Å². The van der Waals surface area contributed by atoms with Gasteiger partial charge in [0, 0.05) is 6.42 Å². The Morgan fingerprint density at radius 1 is 0.538 bits per heavy atom. The predicted octanol–water partition coefficient (Wildman–Crippen LogP) is 16.2. The quantitative estimate of drug-likeness (QED) is 0.0272. The van der Waals surface area contributed by atoms with Crippen LogP contribution in [0, 0.1) is 0 Å². The molecule has 0 rings (SSSR count). The zero-order valence-electron chi connectivity index (χ0n) is 44.0. The molecule has 1 amide bonds. The van der Waals surface area contributed by atoms with E-state index in [0.29, 0.717) is 23.9 Å². The first-order chi connectivity index (χ1) is 31.5. The molecule has 8 nitrogen and oxygen atoms in total. The van der Waals surface area contributed by atoms with Crippen molar-refractivity contribution in [2.75, 3.05) is 40.9 Å². The molecule has 0 aromatic rings. The summed E-state index contributed by atoms with van der Waals surface area (Å²) in [6.45, 7) is 4.66. The van der Waals surface area contributed by atoms with Crippen molar-refractivity contribution in [1.29, 1.82) is 0 Å². The Bertz CT molecular complexity index is 1110. The number of aliphatic hydroxyl groups excluding tert-OH is 1. The number of amides is 1. The average Bonchev–Trinajstić information content (AvgIpc) is 3.26. The highest BCUT2D eigenvalue weighted by Gasteiger charge is 2.24. The first kappa shape index (κ1) is 64.0. The molecule has 0 heterocycles. The third-order valence-corrected chi connectivity index (χ3v) is 13.9. The fourth-order valence-electron chi connectivity index (χ4n) is 8.48. The molecule has 0 aromatic heterocycles. The molecule has 386 valence electrons. The highest BCUT2D eigenvalue weighted by molar-refractivity contribution is 7.45. The monoisotopic (exact) mass is 939 g/mol.